The van der Waals surface area contributed by atoms with E-state index in [-0.39, 0.29) is 22.2 Å². The predicted molar refractivity (Wildman–Crippen MR) is 120 cm³/mol. The highest BCUT2D eigenvalue weighted by Gasteiger charge is 2.37. The van der Waals surface area contributed by atoms with Crippen LogP contribution in [0.15, 0.2) is 46.6 Å². The van der Waals surface area contributed by atoms with Crippen LogP contribution in [-0.2, 0) is 4.79 Å². The first kappa shape index (κ1) is 21.9. The monoisotopic (exact) mass is 431 g/mol. The van der Waals surface area contributed by atoms with Gasteiger partial charge in [0.2, 0.25) is 0 Å². The van der Waals surface area contributed by atoms with Gasteiger partial charge < -0.3 is 4.90 Å². The van der Waals surface area contributed by atoms with Crippen molar-refractivity contribution < 1.29 is 4.79 Å². The summed E-state index contributed by atoms with van der Waals surface area (Å²) in [5.74, 6) is 0.110. The van der Waals surface area contributed by atoms with Gasteiger partial charge in [0.1, 0.15) is 0 Å². The Morgan fingerprint density at radius 3 is 2.30 bits per heavy atom. The summed E-state index contributed by atoms with van der Waals surface area (Å²) in [6.07, 6.45) is 7.82. The van der Waals surface area contributed by atoms with Crippen molar-refractivity contribution in [1.29, 1.82) is 0 Å². The Kier molecular flexibility index (Phi) is 6.46. The topological polar surface area (TPSA) is 20.3 Å². The highest BCUT2D eigenvalue weighted by molar-refractivity contribution is 9.10. The van der Waals surface area contributed by atoms with Crippen LogP contribution >= 0.6 is 15.9 Å². The van der Waals surface area contributed by atoms with E-state index < -0.39 is 0 Å². The van der Waals surface area contributed by atoms with Crippen molar-refractivity contribution in [3.8, 4) is 0 Å². The van der Waals surface area contributed by atoms with E-state index in [0.29, 0.717) is 0 Å². The second-order valence-electron chi connectivity index (χ2n) is 10.2. The van der Waals surface area contributed by atoms with E-state index >= 15 is 0 Å². The molecule has 0 bridgehead atoms. The van der Waals surface area contributed by atoms with Crippen molar-refractivity contribution in [3.05, 3.63) is 52.2 Å². The number of halogens is 1. The Hall–Kier alpha value is -1.35. The average molecular weight is 432 g/mol. The molecule has 1 aliphatic rings. The normalized spacial score (nSPS) is 17.9. The van der Waals surface area contributed by atoms with Crippen LogP contribution in [0.4, 0.5) is 0 Å². The largest absolute Gasteiger partial charge is 0.372 e. The summed E-state index contributed by atoms with van der Waals surface area (Å²) >= 11 is 3.44. The van der Waals surface area contributed by atoms with Gasteiger partial charge in [0.05, 0.1) is 0 Å². The van der Waals surface area contributed by atoms with Crippen molar-refractivity contribution in [3.63, 3.8) is 0 Å². The summed E-state index contributed by atoms with van der Waals surface area (Å²) in [6.45, 7) is 16.7. The Morgan fingerprint density at radius 1 is 1.15 bits per heavy atom. The van der Waals surface area contributed by atoms with Crippen LogP contribution in [0.2, 0.25) is 0 Å². The summed E-state index contributed by atoms with van der Waals surface area (Å²) in [4.78, 5) is 15.4. The molecule has 0 radical (unpaired) electrons. The number of nitrogens with zero attached hydrogens (tertiary/aromatic N) is 1. The van der Waals surface area contributed by atoms with E-state index in [0.717, 1.165) is 35.0 Å². The van der Waals surface area contributed by atoms with Crippen LogP contribution in [0.3, 0.4) is 0 Å². The highest BCUT2D eigenvalue weighted by atomic mass is 79.9. The molecule has 0 aliphatic carbocycles. The third-order valence-electron chi connectivity index (χ3n) is 5.29. The third kappa shape index (κ3) is 6.07. The third-order valence-corrected chi connectivity index (χ3v) is 5.82. The van der Waals surface area contributed by atoms with Crippen LogP contribution in [0, 0.1) is 10.8 Å². The molecule has 1 aliphatic heterocycles. The standard InChI is InChI=1S/C24H34BrNO/c1-22(2,3)17-24(6,7)26-15-14-23(4,5)20(16-26)21(27)13-10-18-8-11-19(25)12-9-18/h8-13,16H,14-15,17H2,1-7H3/b13-10+. The minimum atomic E-state index is -0.102. The summed E-state index contributed by atoms with van der Waals surface area (Å²) in [5, 5.41) is 0. The van der Waals surface area contributed by atoms with Crippen LogP contribution in [0.25, 0.3) is 6.08 Å². The Bertz CT molecular complexity index is 733. The number of carbonyl (C=O) groups is 1. The number of rotatable bonds is 5. The minimum Gasteiger partial charge on any atom is -0.372 e. The number of hydrogen-bond donors (Lipinski definition) is 0. The molecule has 0 spiro atoms. The van der Waals surface area contributed by atoms with Crippen LogP contribution in [0.5, 0.6) is 0 Å². The van der Waals surface area contributed by atoms with Gasteiger partial charge in [-0.05, 0) is 61.3 Å². The fraction of sp³-hybridized carbons (Fsp3) is 0.542. The van der Waals surface area contributed by atoms with Gasteiger partial charge >= 0.3 is 0 Å². The number of benzene rings is 1. The van der Waals surface area contributed by atoms with Gasteiger partial charge in [-0.25, -0.2) is 0 Å². The van der Waals surface area contributed by atoms with Gasteiger partial charge in [-0.15, -0.1) is 0 Å². The lowest BCUT2D eigenvalue weighted by atomic mass is 9.75. The van der Waals surface area contributed by atoms with Gasteiger partial charge in [-0.3, -0.25) is 4.79 Å². The lowest BCUT2D eigenvalue weighted by molar-refractivity contribution is -0.112. The molecule has 0 amide bonds. The fourth-order valence-corrected chi connectivity index (χ4v) is 4.30. The zero-order valence-electron chi connectivity index (χ0n) is 17.9. The highest BCUT2D eigenvalue weighted by Crippen LogP contribution is 2.40. The molecule has 0 saturated carbocycles. The number of allylic oxidation sites excluding steroid dienone is 2. The van der Waals surface area contributed by atoms with Crippen molar-refractivity contribution in [1.82, 2.24) is 4.90 Å². The van der Waals surface area contributed by atoms with Crippen molar-refractivity contribution in [2.45, 2.75) is 66.8 Å². The molecule has 0 atom stereocenters. The quantitative estimate of drug-likeness (QED) is 0.474. The molecular weight excluding hydrogens is 398 g/mol. The van der Waals surface area contributed by atoms with Gasteiger partial charge in [0.15, 0.2) is 5.78 Å². The first-order valence-electron chi connectivity index (χ1n) is 9.77. The second kappa shape index (κ2) is 7.95. The summed E-state index contributed by atoms with van der Waals surface area (Å²) in [5.41, 5.74) is 2.11. The maximum atomic E-state index is 13.0. The molecule has 0 fully saturated rings. The lowest BCUT2D eigenvalue weighted by Crippen LogP contribution is -2.47. The second-order valence-corrected chi connectivity index (χ2v) is 11.1. The van der Waals surface area contributed by atoms with Gasteiger partial charge in [-0.2, -0.15) is 0 Å². The van der Waals surface area contributed by atoms with E-state index in [2.05, 4.69) is 75.5 Å². The molecule has 1 heterocycles. The maximum Gasteiger partial charge on any atom is 0.183 e. The maximum absolute atomic E-state index is 13.0. The molecule has 2 rings (SSSR count). The Balaban J connectivity index is 2.26. The van der Waals surface area contributed by atoms with Crippen LogP contribution < -0.4 is 0 Å². The van der Waals surface area contributed by atoms with Crippen LogP contribution in [-0.4, -0.2) is 22.8 Å². The predicted octanol–water partition coefficient (Wildman–Crippen LogP) is 6.86. The Morgan fingerprint density at radius 2 is 1.74 bits per heavy atom. The SMILES string of the molecule is CC(C)(C)CC(C)(C)N1C=C(C(=O)/C=C/c2ccc(Br)cc2)C(C)(C)CC1. The van der Waals surface area contributed by atoms with Crippen molar-refractivity contribution >= 4 is 27.8 Å². The molecule has 0 saturated heterocycles. The smallest absolute Gasteiger partial charge is 0.183 e. The molecule has 0 unspecified atom stereocenters. The van der Waals surface area contributed by atoms with Gasteiger partial charge in [-0.1, -0.05) is 68.8 Å². The summed E-state index contributed by atoms with van der Waals surface area (Å²) < 4.78 is 1.04. The van der Waals surface area contributed by atoms with Crippen LogP contribution in [0.1, 0.15) is 66.9 Å². The van der Waals surface area contributed by atoms with Crippen molar-refractivity contribution in [2.24, 2.45) is 10.8 Å². The molecule has 3 heteroatoms. The molecule has 1 aromatic carbocycles. The first-order valence-corrected chi connectivity index (χ1v) is 10.6. The van der Waals surface area contributed by atoms with E-state index in [1.54, 1.807) is 6.08 Å². The summed E-state index contributed by atoms with van der Waals surface area (Å²) in [7, 11) is 0. The molecule has 148 valence electrons. The van der Waals surface area contributed by atoms with Gasteiger partial charge in [0, 0.05) is 28.3 Å². The number of carbonyl (C=O) groups excluding carboxylic acids is 1. The molecular formula is C24H34BrNO. The average Bonchev–Trinajstić information content (AvgIpc) is 2.51. The van der Waals surface area contributed by atoms with Crippen molar-refractivity contribution in [2.75, 3.05) is 6.54 Å². The van der Waals surface area contributed by atoms with E-state index in [9.17, 15) is 4.79 Å². The van der Waals surface area contributed by atoms with Gasteiger partial charge in [0.25, 0.3) is 0 Å². The van der Waals surface area contributed by atoms with E-state index in [1.807, 2.05) is 30.3 Å². The number of hydrogen-bond acceptors (Lipinski definition) is 2. The zero-order chi connectivity index (χ0) is 20.5. The Labute approximate surface area is 173 Å². The molecule has 0 aromatic heterocycles. The minimum absolute atomic E-state index is 0.0235. The first-order chi connectivity index (χ1) is 12.3. The molecule has 0 N–H and O–H groups in total. The number of ketones is 1. The zero-order valence-corrected chi connectivity index (χ0v) is 19.5. The molecule has 2 nitrogen and oxygen atoms in total. The summed E-state index contributed by atoms with van der Waals surface area (Å²) in [6, 6.07) is 8.00. The van der Waals surface area contributed by atoms with E-state index in [4.69, 9.17) is 0 Å². The fourth-order valence-electron chi connectivity index (χ4n) is 4.04. The molecule has 27 heavy (non-hydrogen) atoms. The van der Waals surface area contributed by atoms with E-state index in [1.165, 1.54) is 0 Å². The molecule has 1 aromatic rings. The lowest BCUT2D eigenvalue weighted by Gasteiger charge is -2.47.